The van der Waals surface area contributed by atoms with Gasteiger partial charge in [0.15, 0.2) is 0 Å². The first-order valence-electron chi connectivity index (χ1n) is 2.86. The van der Waals surface area contributed by atoms with Crippen molar-refractivity contribution in [3.63, 3.8) is 0 Å². The number of hydrogen-bond donors (Lipinski definition) is 1. The maximum Gasteiger partial charge on any atom is 0.0612 e. The predicted octanol–water partition coefficient (Wildman–Crippen LogP) is 2.22. The van der Waals surface area contributed by atoms with E-state index in [-0.39, 0.29) is 6.61 Å². The zero-order valence-corrected chi connectivity index (χ0v) is 6.89. The molecule has 0 aromatic carbocycles. The Kier molecular flexibility index (Phi) is 5.99. The van der Waals surface area contributed by atoms with Crippen LogP contribution in [-0.2, 0) is 0 Å². The summed E-state index contributed by atoms with van der Waals surface area (Å²) in [6, 6.07) is 0. The molecule has 0 aromatic rings. The van der Waals surface area contributed by atoms with Gasteiger partial charge in [-0.25, -0.2) is 0 Å². The zero-order chi connectivity index (χ0) is 7.11. The van der Waals surface area contributed by atoms with E-state index >= 15 is 0 Å². The lowest BCUT2D eigenvalue weighted by Gasteiger charge is -1.88. The summed E-state index contributed by atoms with van der Waals surface area (Å²) in [7, 11) is 0. The molecule has 0 aliphatic rings. The molecular formula is C7H11BrO. The Morgan fingerprint density at radius 2 is 2.22 bits per heavy atom. The molecule has 0 rings (SSSR count). The van der Waals surface area contributed by atoms with Gasteiger partial charge in [-0.2, -0.15) is 0 Å². The largest absolute Gasteiger partial charge is 0.392 e. The number of aliphatic hydroxyl groups excluding tert-OH is 1. The van der Waals surface area contributed by atoms with E-state index in [9.17, 15) is 0 Å². The van der Waals surface area contributed by atoms with Gasteiger partial charge in [0.2, 0.25) is 0 Å². The van der Waals surface area contributed by atoms with Gasteiger partial charge in [0.05, 0.1) is 6.61 Å². The highest BCUT2D eigenvalue weighted by atomic mass is 79.9. The van der Waals surface area contributed by atoms with Gasteiger partial charge in [0.1, 0.15) is 0 Å². The molecule has 0 spiro atoms. The molecule has 0 amide bonds. The molecule has 0 unspecified atom stereocenters. The van der Waals surface area contributed by atoms with Crippen LogP contribution >= 0.6 is 15.9 Å². The molecule has 0 atom stereocenters. The van der Waals surface area contributed by atoms with Crippen LogP contribution in [0.3, 0.4) is 0 Å². The summed E-state index contributed by atoms with van der Waals surface area (Å²) in [4.78, 5) is 0. The molecule has 0 heterocycles. The number of hydrogen-bond acceptors (Lipinski definition) is 1. The highest BCUT2D eigenvalue weighted by molar-refractivity contribution is 9.11. The Morgan fingerprint density at radius 3 is 2.67 bits per heavy atom. The first kappa shape index (κ1) is 8.92. The molecule has 0 aliphatic carbocycles. The minimum Gasteiger partial charge on any atom is -0.392 e. The van der Waals surface area contributed by atoms with E-state index in [4.69, 9.17) is 5.11 Å². The lowest BCUT2D eigenvalue weighted by Crippen LogP contribution is -1.72. The molecule has 0 radical (unpaired) electrons. The number of rotatable bonds is 4. The Bertz CT molecular complexity index is 107. The Hall–Kier alpha value is -0.0800. The van der Waals surface area contributed by atoms with Crippen molar-refractivity contribution in [1.82, 2.24) is 0 Å². The third kappa shape index (κ3) is 7.92. The van der Waals surface area contributed by atoms with Gasteiger partial charge in [-0.1, -0.05) is 34.7 Å². The van der Waals surface area contributed by atoms with E-state index in [1.54, 1.807) is 6.08 Å². The third-order valence-corrected chi connectivity index (χ3v) is 1.25. The summed E-state index contributed by atoms with van der Waals surface area (Å²) in [6.45, 7) is 3.81. The maximum atomic E-state index is 8.31. The Balaban J connectivity index is 3.09. The predicted molar refractivity (Wildman–Crippen MR) is 43.5 cm³/mol. The van der Waals surface area contributed by atoms with E-state index in [1.165, 1.54) is 0 Å². The summed E-state index contributed by atoms with van der Waals surface area (Å²) >= 11 is 3.24. The number of aliphatic hydroxyl groups is 1. The van der Waals surface area contributed by atoms with Crippen molar-refractivity contribution in [2.75, 3.05) is 6.61 Å². The molecular weight excluding hydrogens is 180 g/mol. The van der Waals surface area contributed by atoms with Crippen molar-refractivity contribution in [1.29, 1.82) is 0 Å². The molecule has 0 bridgehead atoms. The first-order chi connectivity index (χ1) is 4.27. The minimum absolute atomic E-state index is 0.134. The summed E-state index contributed by atoms with van der Waals surface area (Å²) in [5, 5.41) is 8.31. The average Bonchev–Trinajstić information content (AvgIpc) is 1.80. The van der Waals surface area contributed by atoms with Crippen LogP contribution in [0.25, 0.3) is 0 Å². The smallest absolute Gasteiger partial charge is 0.0612 e. The van der Waals surface area contributed by atoms with Crippen molar-refractivity contribution in [3.05, 3.63) is 23.2 Å². The number of halogens is 1. The second-order valence-electron chi connectivity index (χ2n) is 1.71. The highest BCUT2D eigenvalue weighted by Gasteiger charge is 1.82. The number of allylic oxidation sites excluding steroid dienone is 2. The normalized spacial score (nSPS) is 10.4. The topological polar surface area (TPSA) is 20.2 Å². The summed E-state index contributed by atoms with van der Waals surface area (Å²) in [5.41, 5.74) is 0. The summed E-state index contributed by atoms with van der Waals surface area (Å²) in [5.74, 6) is 0. The molecule has 52 valence electrons. The molecule has 0 aromatic heterocycles. The fraction of sp³-hybridized carbons (Fsp3) is 0.429. The average molecular weight is 191 g/mol. The van der Waals surface area contributed by atoms with Gasteiger partial charge in [-0.3, -0.25) is 0 Å². The van der Waals surface area contributed by atoms with Crippen molar-refractivity contribution in [2.45, 2.75) is 12.8 Å². The van der Waals surface area contributed by atoms with Gasteiger partial charge in [0.25, 0.3) is 0 Å². The molecule has 0 saturated carbocycles. The van der Waals surface area contributed by atoms with Crippen LogP contribution in [0, 0.1) is 0 Å². The standard InChI is InChI=1S/C7H11BrO/c1-7(8)5-3-2-4-6-9/h2,4,9H,1,3,5-6H2/b4-2+. The molecule has 0 saturated heterocycles. The SMILES string of the molecule is C=C(Br)CC/C=C/CO. The van der Waals surface area contributed by atoms with Crippen molar-refractivity contribution < 1.29 is 5.11 Å². The molecule has 0 aliphatic heterocycles. The van der Waals surface area contributed by atoms with Crippen molar-refractivity contribution in [3.8, 4) is 0 Å². The quantitative estimate of drug-likeness (QED) is 0.675. The molecule has 9 heavy (non-hydrogen) atoms. The van der Waals surface area contributed by atoms with E-state index in [1.807, 2.05) is 6.08 Å². The molecule has 1 nitrogen and oxygen atoms in total. The molecule has 2 heteroatoms. The van der Waals surface area contributed by atoms with Crippen LogP contribution in [0.15, 0.2) is 23.2 Å². The van der Waals surface area contributed by atoms with Crippen LogP contribution in [0.1, 0.15) is 12.8 Å². The minimum atomic E-state index is 0.134. The maximum absolute atomic E-state index is 8.31. The van der Waals surface area contributed by atoms with Crippen molar-refractivity contribution in [2.24, 2.45) is 0 Å². The molecule has 1 N–H and O–H groups in total. The summed E-state index contributed by atoms with van der Waals surface area (Å²) < 4.78 is 1.00. The Labute approximate surface area is 64.2 Å². The zero-order valence-electron chi connectivity index (χ0n) is 5.31. The van der Waals surface area contributed by atoms with Crippen molar-refractivity contribution >= 4 is 15.9 Å². The molecule has 0 fully saturated rings. The third-order valence-electron chi connectivity index (χ3n) is 0.854. The van der Waals surface area contributed by atoms with Crippen LogP contribution in [0.4, 0.5) is 0 Å². The van der Waals surface area contributed by atoms with Gasteiger partial charge in [-0.15, -0.1) is 0 Å². The van der Waals surface area contributed by atoms with Crippen LogP contribution in [0.2, 0.25) is 0 Å². The monoisotopic (exact) mass is 190 g/mol. The van der Waals surface area contributed by atoms with E-state index in [0.29, 0.717) is 0 Å². The first-order valence-corrected chi connectivity index (χ1v) is 3.66. The lowest BCUT2D eigenvalue weighted by atomic mass is 10.3. The van der Waals surface area contributed by atoms with Crippen LogP contribution in [0.5, 0.6) is 0 Å². The van der Waals surface area contributed by atoms with Gasteiger partial charge in [-0.05, 0) is 17.3 Å². The lowest BCUT2D eigenvalue weighted by molar-refractivity contribution is 0.342. The van der Waals surface area contributed by atoms with E-state index in [0.717, 1.165) is 17.3 Å². The fourth-order valence-electron chi connectivity index (χ4n) is 0.432. The van der Waals surface area contributed by atoms with E-state index < -0.39 is 0 Å². The van der Waals surface area contributed by atoms with Crippen LogP contribution in [-0.4, -0.2) is 11.7 Å². The van der Waals surface area contributed by atoms with Gasteiger partial charge in [0, 0.05) is 0 Å². The van der Waals surface area contributed by atoms with Crippen LogP contribution < -0.4 is 0 Å². The Morgan fingerprint density at radius 1 is 1.56 bits per heavy atom. The van der Waals surface area contributed by atoms with Gasteiger partial charge >= 0.3 is 0 Å². The van der Waals surface area contributed by atoms with Gasteiger partial charge < -0.3 is 5.11 Å². The highest BCUT2D eigenvalue weighted by Crippen LogP contribution is 2.08. The van der Waals surface area contributed by atoms with E-state index in [2.05, 4.69) is 22.5 Å². The summed E-state index contributed by atoms with van der Waals surface area (Å²) in [6.07, 6.45) is 5.56. The second kappa shape index (κ2) is 6.05. The fourth-order valence-corrected chi connectivity index (χ4v) is 0.661. The second-order valence-corrected chi connectivity index (χ2v) is 2.83.